The Hall–Kier alpha value is -1.96. The Morgan fingerprint density at radius 2 is 2.20 bits per heavy atom. The molecular weight excluding hydrogens is 222 g/mol. The van der Waals surface area contributed by atoms with Gasteiger partial charge in [0.1, 0.15) is 0 Å². The summed E-state index contributed by atoms with van der Waals surface area (Å²) >= 11 is 0.738. The second kappa shape index (κ2) is 4.51. The lowest BCUT2D eigenvalue weighted by molar-refractivity contribution is -0.380. The number of primary amides is 1. The summed E-state index contributed by atoms with van der Waals surface area (Å²) < 4.78 is 0. The minimum Gasteiger partial charge on any atom is -0.368 e. The second-order valence-corrected chi connectivity index (χ2v) is 3.61. The summed E-state index contributed by atoms with van der Waals surface area (Å²) in [5, 5.41) is 12.4. The molecule has 0 radical (unpaired) electrons. The smallest absolute Gasteiger partial charge is 0.324 e. The van der Waals surface area contributed by atoms with Gasteiger partial charge < -0.3 is 11.1 Å². The number of nitrogens with one attached hydrogen (secondary N) is 1. The highest BCUT2D eigenvalue weighted by Crippen LogP contribution is 2.23. The van der Waals surface area contributed by atoms with E-state index in [1.54, 1.807) is 0 Å². The van der Waals surface area contributed by atoms with E-state index in [1.807, 2.05) is 0 Å². The largest absolute Gasteiger partial charge is 0.368 e. The number of thiophene rings is 1. The minimum atomic E-state index is -0.672. The van der Waals surface area contributed by atoms with E-state index < -0.39 is 16.7 Å². The van der Waals surface area contributed by atoms with Gasteiger partial charge in [-0.3, -0.25) is 19.7 Å². The molecular formula is C7H7N3O4S. The highest BCUT2D eigenvalue weighted by molar-refractivity contribution is 7.17. The lowest BCUT2D eigenvalue weighted by Crippen LogP contribution is -2.32. The quantitative estimate of drug-likeness (QED) is 0.552. The predicted molar refractivity (Wildman–Crippen MR) is 52.5 cm³/mol. The van der Waals surface area contributed by atoms with Crippen molar-refractivity contribution in [3.05, 3.63) is 27.1 Å². The van der Waals surface area contributed by atoms with Crippen LogP contribution >= 0.6 is 11.3 Å². The topological polar surface area (TPSA) is 115 Å². The van der Waals surface area contributed by atoms with E-state index in [4.69, 9.17) is 5.73 Å². The van der Waals surface area contributed by atoms with Gasteiger partial charge in [-0.05, 0) is 6.07 Å². The molecule has 0 aliphatic carbocycles. The maximum atomic E-state index is 11.3. The first-order valence-electron chi connectivity index (χ1n) is 3.81. The van der Waals surface area contributed by atoms with Gasteiger partial charge in [0.15, 0.2) is 0 Å². The summed E-state index contributed by atoms with van der Waals surface area (Å²) in [5.41, 5.74) is 4.81. The number of nitro groups is 1. The van der Waals surface area contributed by atoms with Gasteiger partial charge in [0.05, 0.1) is 16.3 Å². The van der Waals surface area contributed by atoms with Crippen molar-refractivity contribution in [3.63, 3.8) is 0 Å². The Balaban J connectivity index is 2.66. The van der Waals surface area contributed by atoms with Crippen molar-refractivity contribution in [2.24, 2.45) is 5.73 Å². The first-order valence-corrected chi connectivity index (χ1v) is 4.63. The van der Waals surface area contributed by atoms with Crippen molar-refractivity contribution in [2.45, 2.75) is 0 Å². The zero-order valence-electron chi connectivity index (χ0n) is 7.43. The molecule has 0 bridgehead atoms. The molecule has 1 aromatic heterocycles. The minimum absolute atomic E-state index is 0.126. The van der Waals surface area contributed by atoms with E-state index in [-0.39, 0.29) is 16.4 Å². The van der Waals surface area contributed by atoms with Crippen LogP contribution in [0.2, 0.25) is 0 Å². The molecule has 2 amide bonds. The molecule has 0 fully saturated rings. The van der Waals surface area contributed by atoms with Crippen LogP contribution in [-0.2, 0) is 4.79 Å². The molecule has 8 heteroatoms. The van der Waals surface area contributed by atoms with Crippen LogP contribution in [0.25, 0.3) is 0 Å². The number of nitrogens with zero attached hydrogens (tertiary/aromatic N) is 1. The molecule has 3 N–H and O–H groups in total. The van der Waals surface area contributed by atoms with Crippen LogP contribution in [0.3, 0.4) is 0 Å². The zero-order valence-corrected chi connectivity index (χ0v) is 8.24. The van der Waals surface area contributed by atoms with Gasteiger partial charge in [0, 0.05) is 6.07 Å². The van der Waals surface area contributed by atoms with Crippen LogP contribution in [-0.4, -0.2) is 23.3 Å². The molecule has 0 spiro atoms. The van der Waals surface area contributed by atoms with Crippen molar-refractivity contribution in [1.82, 2.24) is 5.32 Å². The van der Waals surface area contributed by atoms with Gasteiger partial charge in [-0.25, -0.2) is 0 Å². The molecule has 1 heterocycles. The van der Waals surface area contributed by atoms with Crippen molar-refractivity contribution in [1.29, 1.82) is 0 Å². The Morgan fingerprint density at radius 3 is 2.67 bits per heavy atom. The highest BCUT2D eigenvalue weighted by Gasteiger charge is 2.14. The third-order valence-electron chi connectivity index (χ3n) is 1.42. The number of amides is 2. The number of carbonyl (C=O) groups is 2. The molecule has 0 aromatic carbocycles. The first kappa shape index (κ1) is 11.1. The molecule has 1 rings (SSSR count). The second-order valence-electron chi connectivity index (χ2n) is 2.54. The molecule has 1 aromatic rings. The van der Waals surface area contributed by atoms with Crippen LogP contribution in [0, 0.1) is 10.1 Å². The fourth-order valence-corrected chi connectivity index (χ4v) is 1.54. The average Bonchev–Trinajstić information content (AvgIpc) is 2.62. The van der Waals surface area contributed by atoms with Gasteiger partial charge in [0.2, 0.25) is 5.91 Å². The number of rotatable bonds is 4. The van der Waals surface area contributed by atoms with Gasteiger partial charge in [-0.2, -0.15) is 0 Å². The summed E-state index contributed by atoms with van der Waals surface area (Å²) in [6, 6.07) is 2.54. The maximum Gasteiger partial charge on any atom is 0.324 e. The zero-order chi connectivity index (χ0) is 11.4. The number of carbonyl (C=O) groups excluding carboxylic acids is 2. The highest BCUT2D eigenvalue weighted by atomic mass is 32.1. The molecule has 7 nitrogen and oxygen atoms in total. The van der Waals surface area contributed by atoms with E-state index >= 15 is 0 Å². The SMILES string of the molecule is NC(=O)CNC(=O)c1ccc([N+](=O)[O-])s1. The maximum absolute atomic E-state index is 11.3. The normalized spacial score (nSPS) is 9.60. The summed E-state index contributed by atoms with van der Waals surface area (Å²) in [6.45, 7) is -0.287. The van der Waals surface area contributed by atoms with Gasteiger partial charge >= 0.3 is 5.00 Å². The lowest BCUT2D eigenvalue weighted by Gasteiger charge is -1.97. The first-order chi connectivity index (χ1) is 7.00. The van der Waals surface area contributed by atoms with Gasteiger partial charge in [-0.1, -0.05) is 11.3 Å². The monoisotopic (exact) mass is 229 g/mol. The summed E-state index contributed by atoms with van der Waals surface area (Å²) in [4.78, 5) is 31.5. The summed E-state index contributed by atoms with van der Waals surface area (Å²) in [5.74, 6) is -1.22. The molecule has 0 aliphatic heterocycles. The fraction of sp³-hybridized carbons (Fsp3) is 0.143. The third-order valence-corrected chi connectivity index (χ3v) is 2.45. The Labute approximate surface area is 88.0 Å². The van der Waals surface area contributed by atoms with E-state index in [0.717, 1.165) is 11.3 Å². The molecule has 0 saturated carbocycles. The van der Waals surface area contributed by atoms with Gasteiger partial charge in [-0.15, -0.1) is 0 Å². The van der Waals surface area contributed by atoms with Crippen LogP contribution < -0.4 is 11.1 Å². The van der Waals surface area contributed by atoms with Gasteiger partial charge in [0.25, 0.3) is 5.91 Å². The molecule has 0 aliphatic rings. The fourth-order valence-electron chi connectivity index (χ4n) is 0.802. The van der Waals surface area contributed by atoms with Crippen LogP contribution in [0.15, 0.2) is 12.1 Å². The number of hydrogen-bond acceptors (Lipinski definition) is 5. The van der Waals surface area contributed by atoms with Crippen molar-refractivity contribution < 1.29 is 14.5 Å². The van der Waals surface area contributed by atoms with Crippen molar-refractivity contribution >= 4 is 28.2 Å². The lowest BCUT2D eigenvalue weighted by atomic mass is 10.4. The predicted octanol–water partition coefficient (Wildman–Crippen LogP) is -0.129. The molecule has 80 valence electrons. The summed E-state index contributed by atoms with van der Waals surface area (Å²) in [6.07, 6.45) is 0. The molecule has 0 atom stereocenters. The Bertz CT molecular complexity index is 414. The Kier molecular flexibility index (Phi) is 3.34. The van der Waals surface area contributed by atoms with E-state index in [0.29, 0.717) is 0 Å². The van der Waals surface area contributed by atoms with Crippen molar-refractivity contribution in [2.75, 3.05) is 6.54 Å². The van der Waals surface area contributed by atoms with E-state index in [1.165, 1.54) is 12.1 Å². The standard InChI is InChI=1S/C7H7N3O4S/c8-5(11)3-9-7(12)4-1-2-6(15-4)10(13)14/h1-2H,3H2,(H2,8,11)(H,9,12). The number of hydrogen-bond donors (Lipinski definition) is 2. The third kappa shape index (κ3) is 3.02. The molecule has 15 heavy (non-hydrogen) atoms. The van der Waals surface area contributed by atoms with Crippen LogP contribution in [0.5, 0.6) is 0 Å². The Morgan fingerprint density at radius 1 is 1.53 bits per heavy atom. The van der Waals surface area contributed by atoms with E-state index in [2.05, 4.69) is 5.32 Å². The molecule has 0 saturated heterocycles. The van der Waals surface area contributed by atoms with Crippen molar-refractivity contribution in [3.8, 4) is 0 Å². The number of nitrogens with two attached hydrogens (primary N) is 1. The van der Waals surface area contributed by atoms with Crippen LogP contribution in [0.1, 0.15) is 9.67 Å². The van der Waals surface area contributed by atoms with Crippen LogP contribution in [0.4, 0.5) is 5.00 Å². The molecule has 0 unspecified atom stereocenters. The summed E-state index contributed by atoms with van der Waals surface area (Å²) in [7, 11) is 0. The van der Waals surface area contributed by atoms with E-state index in [9.17, 15) is 19.7 Å². The average molecular weight is 229 g/mol.